The molecule has 1 radical (unpaired) electrons. The molecule has 0 aromatic carbocycles. The largest absolute Gasteiger partial charge is 0.298 e. The number of thiophene rings is 1. The fraction of sp³-hybridized carbons (Fsp3) is 0.167. The summed E-state index contributed by atoms with van der Waals surface area (Å²) >= 11 is 1.54. The van der Waals surface area contributed by atoms with Crippen molar-refractivity contribution in [3.05, 3.63) is 21.9 Å². The van der Waals surface area contributed by atoms with Crippen molar-refractivity contribution in [3.63, 3.8) is 0 Å². The summed E-state index contributed by atoms with van der Waals surface area (Å²) in [5, 5.41) is 1.79. The first kappa shape index (κ1) is 5.51. The summed E-state index contributed by atoms with van der Waals surface area (Å²) < 4.78 is 0. The van der Waals surface area contributed by atoms with Crippen LogP contribution in [0.15, 0.2) is 5.38 Å². The molecule has 1 rings (SSSR count). The Bertz CT molecular complexity index is 190. The predicted octanol–water partition coefficient (Wildman–Crippen LogP) is 1.67. The van der Waals surface area contributed by atoms with Gasteiger partial charge < -0.3 is 0 Å². The van der Waals surface area contributed by atoms with E-state index in [1.54, 1.807) is 16.7 Å². The minimum Gasteiger partial charge on any atom is -0.298 e. The Labute approximate surface area is 52.0 Å². The molecular formula is C6H5OS. The lowest BCUT2D eigenvalue weighted by atomic mass is 10.3. The third-order valence-corrected chi connectivity index (χ3v) is 1.64. The molecule has 0 aliphatic heterocycles. The van der Waals surface area contributed by atoms with Gasteiger partial charge in [-0.25, -0.2) is 0 Å². The third kappa shape index (κ3) is 0.954. The zero-order valence-corrected chi connectivity index (χ0v) is 5.29. The van der Waals surface area contributed by atoms with Crippen LogP contribution >= 0.6 is 11.3 Å². The van der Waals surface area contributed by atoms with Crippen molar-refractivity contribution in [2.45, 2.75) is 6.92 Å². The summed E-state index contributed by atoms with van der Waals surface area (Å²) in [6.07, 6.45) is 0.809. The second-order valence-electron chi connectivity index (χ2n) is 1.49. The molecule has 0 amide bonds. The normalized spacial score (nSPS) is 9.12. The molecular weight excluding hydrogens is 120 g/mol. The first-order valence-corrected chi connectivity index (χ1v) is 3.13. The molecule has 8 heavy (non-hydrogen) atoms. The zero-order chi connectivity index (χ0) is 5.98. The van der Waals surface area contributed by atoms with E-state index in [0.29, 0.717) is 5.56 Å². The number of rotatable bonds is 1. The van der Waals surface area contributed by atoms with Crippen molar-refractivity contribution in [2.24, 2.45) is 0 Å². The molecule has 2 heteroatoms. The molecule has 0 aliphatic rings. The van der Waals surface area contributed by atoms with E-state index in [2.05, 4.69) is 6.07 Å². The highest BCUT2D eigenvalue weighted by molar-refractivity contribution is 7.10. The van der Waals surface area contributed by atoms with Gasteiger partial charge in [0, 0.05) is 21.9 Å². The summed E-state index contributed by atoms with van der Waals surface area (Å²) in [7, 11) is 0. The van der Waals surface area contributed by atoms with Crippen molar-refractivity contribution in [1.82, 2.24) is 0 Å². The van der Waals surface area contributed by atoms with Crippen LogP contribution in [0.25, 0.3) is 0 Å². The quantitative estimate of drug-likeness (QED) is 0.522. The molecule has 41 valence electrons. The van der Waals surface area contributed by atoms with Gasteiger partial charge in [0.15, 0.2) is 6.29 Å². The van der Waals surface area contributed by atoms with Gasteiger partial charge in [0.2, 0.25) is 0 Å². The Morgan fingerprint density at radius 2 is 2.62 bits per heavy atom. The Balaban J connectivity index is 3.00. The van der Waals surface area contributed by atoms with E-state index < -0.39 is 0 Å². The van der Waals surface area contributed by atoms with E-state index in [0.717, 1.165) is 11.2 Å². The molecule has 1 heterocycles. The Morgan fingerprint density at radius 1 is 1.88 bits per heavy atom. The Morgan fingerprint density at radius 3 is 2.88 bits per heavy atom. The van der Waals surface area contributed by atoms with Crippen LogP contribution in [0.4, 0.5) is 0 Å². The van der Waals surface area contributed by atoms with Gasteiger partial charge in [-0.1, -0.05) is 0 Å². The monoisotopic (exact) mass is 125 g/mol. The van der Waals surface area contributed by atoms with Crippen LogP contribution in [0, 0.1) is 13.0 Å². The molecule has 1 nitrogen and oxygen atoms in total. The Kier molecular flexibility index (Phi) is 1.44. The molecule has 0 saturated heterocycles. The van der Waals surface area contributed by atoms with E-state index in [4.69, 9.17) is 0 Å². The van der Waals surface area contributed by atoms with E-state index >= 15 is 0 Å². The summed E-state index contributed by atoms with van der Waals surface area (Å²) in [5.41, 5.74) is 0.660. The van der Waals surface area contributed by atoms with Gasteiger partial charge in [-0.05, 0) is 6.92 Å². The lowest BCUT2D eigenvalue weighted by Gasteiger charge is -1.68. The lowest BCUT2D eigenvalue weighted by molar-refractivity contribution is 0.112. The van der Waals surface area contributed by atoms with Crippen LogP contribution in [-0.2, 0) is 0 Å². The maximum absolute atomic E-state index is 10.00. The maximum atomic E-state index is 10.00. The van der Waals surface area contributed by atoms with Gasteiger partial charge >= 0.3 is 0 Å². The fourth-order valence-electron chi connectivity index (χ4n) is 0.471. The fourth-order valence-corrected chi connectivity index (χ4v) is 1.07. The van der Waals surface area contributed by atoms with Crippen LogP contribution in [0.3, 0.4) is 0 Å². The van der Waals surface area contributed by atoms with Gasteiger partial charge in [-0.15, -0.1) is 11.3 Å². The van der Waals surface area contributed by atoms with Gasteiger partial charge in [-0.2, -0.15) is 0 Å². The predicted molar refractivity (Wildman–Crippen MR) is 33.3 cm³/mol. The van der Waals surface area contributed by atoms with E-state index in [9.17, 15) is 4.79 Å². The van der Waals surface area contributed by atoms with Crippen LogP contribution in [0.2, 0.25) is 0 Å². The molecule has 0 unspecified atom stereocenters. The molecule has 1 aromatic rings. The maximum Gasteiger partial charge on any atom is 0.151 e. The summed E-state index contributed by atoms with van der Waals surface area (Å²) in [4.78, 5) is 11.1. The van der Waals surface area contributed by atoms with E-state index in [1.807, 2.05) is 6.92 Å². The van der Waals surface area contributed by atoms with E-state index in [1.165, 1.54) is 0 Å². The van der Waals surface area contributed by atoms with Gasteiger partial charge in [0.05, 0.1) is 0 Å². The van der Waals surface area contributed by atoms with Crippen molar-refractivity contribution < 1.29 is 4.79 Å². The average molecular weight is 125 g/mol. The number of hydrogen-bond donors (Lipinski definition) is 0. The smallest absolute Gasteiger partial charge is 0.151 e. The van der Waals surface area contributed by atoms with Crippen LogP contribution in [0.5, 0.6) is 0 Å². The highest BCUT2D eigenvalue weighted by atomic mass is 32.1. The zero-order valence-electron chi connectivity index (χ0n) is 4.47. The van der Waals surface area contributed by atoms with Crippen molar-refractivity contribution in [2.75, 3.05) is 0 Å². The summed E-state index contributed by atoms with van der Waals surface area (Å²) in [6, 6.07) is 2.88. The van der Waals surface area contributed by atoms with Gasteiger partial charge in [0.25, 0.3) is 0 Å². The number of aryl methyl sites for hydroxylation is 1. The van der Waals surface area contributed by atoms with Gasteiger partial charge in [-0.3, -0.25) is 4.79 Å². The molecule has 0 spiro atoms. The van der Waals surface area contributed by atoms with Gasteiger partial charge in [0.1, 0.15) is 0 Å². The minimum absolute atomic E-state index is 0.660. The number of hydrogen-bond acceptors (Lipinski definition) is 2. The highest BCUT2D eigenvalue weighted by Gasteiger charge is 1.90. The van der Waals surface area contributed by atoms with E-state index in [-0.39, 0.29) is 0 Å². The minimum atomic E-state index is 0.660. The molecule has 0 saturated carbocycles. The Hall–Kier alpha value is -0.630. The topological polar surface area (TPSA) is 17.1 Å². The van der Waals surface area contributed by atoms with Crippen LogP contribution < -0.4 is 0 Å². The second kappa shape index (κ2) is 2.09. The molecule has 0 fully saturated rings. The standard InChI is InChI=1S/C6H5OS/c1-5-2-6(3-7)4-8-5/h3-4H,1H3. The number of aldehydes is 1. The van der Waals surface area contributed by atoms with Crippen LogP contribution in [0.1, 0.15) is 15.2 Å². The van der Waals surface area contributed by atoms with Crippen LogP contribution in [-0.4, -0.2) is 6.29 Å². The molecule has 0 aliphatic carbocycles. The highest BCUT2D eigenvalue weighted by Crippen LogP contribution is 2.08. The van der Waals surface area contributed by atoms with Crippen molar-refractivity contribution in [1.29, 1.82) is 0 Å². The number of carbonyl (C=O) groups excluding carboxylic acids is 1. The third-order valence-electron chi connectivity index (χ3n) is 0.810. The first-order chi connectivity index (χ1) is 3.83. The summed E-state index contributed by atoms with van der Waals surface area (Å²) in [6.45, 7) is 1.93. The van der Waals surface area contributed by atoms with Crippen molar-refractivity contribution >= 4 is 17.6 Å². The molecule has 0 N–H and O–H groups in total. The lowest BCUT2D eigenvalue weighted by Crippen LogP contribution is -1.67. The average Bonchev–Trinajstić information content (AvgIpc) is 2.14. The summed E-state index contributed by atoms with van der Waals surface area (Å²) in [5.74, 6) is 0. The molecule has 0 atom stereocenters. The first-order valence-electron chi connectivity index (χ1n) is 2.25. The SMILES string of the molecule is Cc1[c]c(C=O)cs1. The molecule has 0 bridgehead atoms. The molecule has 1 aromatic heterocycles. The second-order valence-corrected chi connectivity index (χ2v) is 2.57. The number of carbonyl (C=O) groups is 1. The van der Waals surface area contributed by atoms with Crippen molar-refractivity contribution in [3.8, 4) is 0 Å².